The van der Waals surface area contributed by atoms with Gasteiger partial charge >= 0.3 is 0 Å². The maximum Gasteiger partial charge on any atom is 0.300 e. The minimum atomic E-state index is -0.658. The molecule has 2 heterocycles. The van der Waals surface area contributed by atoms with E-state index in [1.54, 1.807) is 4.90 Å². The number of carbonyl (C=O) groups is 1. The van der Waals surface area contributed by atoms with Crippen LogP contribution in [0.4, 0.5) is 17.1 Å². The Morgan fingerprint density at radius 1 is 0.784 bits per heavy atom. The zero-order valence-electron chi connectivity index (χ0n) is 19.8. The van der Waals surface area contributed by atoms with E-state index in [2.05, 4.69) is 4.98 Å². The lowest BCUT2D eigenvalue weighted by Crippen LogP contribution is -2.30. The summed E-state index contributed by atoms with van der Waals surface area (Å²) in [5, 5.41) is 24.1. The van der Waals surface area contributed by atoms with Crippen LogP contribution < -0.4 is 4.90 Å². The van der Waals surface area contributed by atoms with E-state index in [0.717, 1.165) is 37.0 Å². The maximum atomic E-state index is 13.8. The first kappa shape index (κ1) is 23.9. The van der Waals surface area contributed by atoms with Crippen LogP contribution in [0.25, 0.3) is 22.5 Å². The Morgan fingerprint density at radius 3 is 1.86 bits per heavy atom. The highest BCUT2D eigenvalue weighted by molar-refractivity contribution is 6.02. The molecule has 0 aliphatic carbocycles. The predicted octanol–water partition coefficient (Wildman–Crippen LogP) is 5.71. The Labute approximate surface area is 212 Å². The second-order valence-electron chi connectivity index (χ2n) is 8.77. The van der Waals surface area contributed by atoms with Crippen LogP contribution in [0, 0.1) is 20.2 Å². The van der Waals surface area contributed by atoms with E-state index in [0.29, 0.717) is 30.0 Å². The summed E-state index contributed by atoms with van der Waals surface area (Å²) in [5.41, 5.74) is 1.41. The van der Waals surface area contributed by atoms with Crippen molar-refractivity contribution in [2.75, 3.05) is 18.0 Å². The molecule has 1 saturated heterocycles. The van der Waals surface area contributed by atoms with Gasteiger partial charge in [0.15, 0.2) is 5.69 Å². The average molecular weight is 498 g/mol. The largest absolute Gasteiger partial charge is 0.360 e. The van der Waals surface area contributed by atoms with Crippen LogP contribution in [0.2, 0.25) is 0 Å². The summed E-state index contributed by atoms with van der Waals surface area (Å²) in [7, 11) is 0. The standard InChI is InChI=1S/C27H23N5O5/c33-27(21-16-22(31(34)35)26(23(17-21)32(36)37)29-14-8-3-9-15-29)30-18-28-24(19-10-4-1-5-11-19)25(30)20-12-6-2-7-13-20/h1-2,4-7,10-13,16-18H,3,8-9,14-15H2. The third-order valence-corrected chi connectivity index (χ3v) is 6.46. The van der Waals surface area contributed by atoms with Crippen molar-refractivity contribution in [1.82, 2.24) is 9.55 Å². The molecule has 0 amide bonds. The van der Waals surface area contributed by atoms with Crippen LogP contribution in [0.5, 0.6) is 0 Å². The number of imidazole rings is 1. The number of rotatable bonds is 6. The van der Waals surface area contributed by atoms with Crippen LogP contribution in [0.1, 0.15) is 29.6 Å². The minimum absolute atomic E-state index is 0.0508. The van der Waals surface area contributed by atoms with E-state index >= 15 is 0 Å². The normalized spacial score (nSPS) is 13.4. The first-order valence-corrected chi connectivity index (χ1v) is 11.9. The number of hydrogen-bond acceptors (Lipinski definition) is 7. The molecule has 10 heteroatoms. The molecule has 10 nitrogen and oxygen atoms in total. The molecule has 0 spiro atoms. The summed E-state index contributed by atoms with van der Waals surface area (Å²) < 4.78 is 1.29. The molecule has 1 aromatic heterocycles. The fraction of sp³-hybridized carbons (Fsp3) is 0.185. The number of aromatic nitrogens is 2. The maximum absolute atomic E-state index is 13.8. The van der Waals surface area contributed by atoms with Gasteiger partial charge in [-0.25, -0.2) is 4.98 Å². The first-order chi connectivity index (χ1) is 18.0. The van der Waals surface area contributed by atoms with Gasteiger partial charge in [0.2, 0.25) is 0 Å². The Bertz CT molecular complexity index is 1440. The number of nitrogens with zero attached hydrogens (tertiary/aromatic N) is 5. The number of hydrogen-bond donors (Lipinski definition) is 0. The van der Waals surface area contributed by atoms with E-state index < -0.39 is 27.1 Å². The van der Waals surface area contributed by atoms with Crippen molar-refractivity contribution in [2.24, 2.45) is 0 Å². The molecule has 1 aliphatic rings. The topological polar surface area (TPSA) is 124 Å². The molecule has 3 aromatic carbocycles. The lowest BCUT2D eigenvalue weighted by atomic mass is 10.0. The summed E-state index contributed by atoms with van der Waals surface area (Å²) in [4.78, 5) is 42.7. The second-order valence-corrected chi connectivity index (χ2v) is 8.77. The van der Waals surface area contributed by atoms with Gasteiger partial charge in [0.05, 0.1) is 26.8 Å². The van der Waals surface area contributed by atoms with Gasteiger partial charge in [-0.05, 0) is 19.3 Å². The first-order valence-electron chi connectivity index (χ1n) is 11.9. The van der Waals surface area contributed by atoms with E-state index in [1.807, 2.05) is 60.7 Å². The third kappa shape index (κ3) is 4.56. The summed E-state index contributed by atoms with van der Waals surface area (Å²) in [6, 6.07) is 20.8. The molecule has 0 atom stereocenters. The van der Waals surface area contributed by atoms with Crippen molar-refractivity contribution in [3.63, 3.8) is 0 Å². The van der Waals surface area contributed by atoms with Crippen LogP contribution in [0.15, 0.2) is 79.1 Å². The lowest BCUT2D eigenvalue weighted by molar-refractivity contribution is -0.392. The Balaban J connectivity index is 1.68. The number of nitro benzene ring substituents is 2. The molecule has 37 heavy (non-hydrogen) atoms. The zero-order chi connectivity index (χ0) is 25.9. The molecule has 0 radical (unpaired) electrons. The SMILES string of the molecule is O=C(c1cc([N+](=O)[O-])c(N2CCCCC2)c([N+](=O)[O-])c1)n1cnc(-c2ccccc2)c1-c1ccccc1. The van der Waals surface area contributed by atoms with Crippen LogP contribution in [-0.4, -0.2) is 38.4 Å². The molecular weight excluding hydrogens is 474 g/mol. The van der Waals surface area contributed by atoms with Crippen molar-refractivity contribution in [1.29, 1.82) is 0 Å². The van der Waals surface area contributed by atoms with Gasteiger partial charge in [-0.2, -0.15) is 0 Å². The van der Waals surface area contributed by atoms with Crippen molar-refractivity contribution < 1.29 is 14.6 Å². The molecule has 0 saturated carbocycles. The third-order valence-electron chi connectivity index (χ3n) is 6.46. The fourth-order valence-electron chi connectivity index (χ4n) is 4.77. The quantitative estimate of drug-likeness (QED) is 0.247. The van der Waals surface area contributed by atoms with E-state index in [4.69, 9.17) is 0 Å². The molecule has 4 aromatic rings. The molecule has 1 fully saturated rings. The van der Waals surface area contributed by atoms with E-state index in [1.165, 1.54) is 10.9 Å². The van der Waals surface area contributed by atoms with Crippen molar-refractivity contribution in [2.45, 2.75) is 19.3 Å². The van der Waals surface area contributed by atoms with Gasteiger partial charge in [0, 0.05) is 36.3 Å². The average Bonchev–Trinajstić information content (AvgIpc) is 3.38. The van der Waals surface area contributed by atoms with Crippen LogP contribution >= 0.6 is 0 Å². The lowest BCUT2D eigenvalue weighted by Gasteiger charge is -2.28. The molecule has 0 N–H and O–H groups in total. The molecule has 0 bridgehead atoms. The highest BCUT2D eigenvalue weighted by atomic mass is 16.6. The summed E-state index contributed by atoms with van der Waals surface area (Å²) in [6.45, 7) is 0.962. The number of carbonyl (C=O) groups excluding carboxylic acids is 1. The molecule has 5 rings (SSSR count). The van der Waals surface area contributed by atoms with Gasteiger partial charge in [-0.15, -0.1) is 0 Å². The van der Waals surface area contributed by atoms with Gasteiger partial charge < -0.3 is 4.90 Å². The fourth-order valence-corrected chi connectivity index (χ4v) is 4.77. The van der Waals surface area contributed by atoms with Crippen molar-refractivity contribution in [3.8, 4) is 22.5 Å². The van der Waals surface area contributed by atoms with Gasteiger partial charge in [0.25, 0.3) is 17.3 Å². The molecular formula is C27H23N5O5. The second kappa shape index (κ2) is 10.0. The zero-order valence-corrected chi connectivity index (χ0v) is 19.8. The van der Waals surface area contributed by atoms with Gasteiger partial charge in [-0.1, -0.05) is 60.7 Å². The Morgan fingerprint density at radius 2 is 1.32 bits per heavy atom. The summed E-state index contributed by atoms with van der Waals surface area (Å²) in [6.07, 6.45) is 3.88. The molecule has 1 aliphatic heterocycles. The number of benzene rings is 3. The van der Waals surface area contributed by atoms with Crippen LogP contribution in [-0.2, 0) is 0 Å². The molecule has 0 unspecified atom stereocenters. The predicted molar refractivity (Wildman–Crippen MR) is 139 cm³/mol. The van der Waals surface area contributed by atoms with Crippen molar-refractivity contribution >= 4 is 23.0 Å². The van der Waals surface area contributed by atoms with E-state index in [9.17, 15) is 25.0 Å². The Kier molecular flexibility index (Phi) is 6.46. The molecule has 186 valence electrons. The van der Waals surface area contributed by atoms with Gasteiger partial charge in [0.1, 0.15) is 6.33 Å². The minimum Gasteiger partial charge on any atom is -0.360 e. The monoisotopic (exact) mass is 497 g/mol. The highest BCUT2D eigenvalue weighted by Gasteiger charge is 2.34. The van der Waals surface area contributed by atoms with E-state index in [-0.39, 0.29) is 11.3 Å². The number of anilines is 1. The van der Waals surface area contributed by atoms with Crippen molar-refractivity contribution in [3.05, 3.63) is 105 Å². The summed E-state index contributed by atoms with van der Waals surface area (Å²) >= 11 is 0. The number of piperidine rings is 1. The van der Waals surface area contributed by atoms with Gasteiger partial charge in [-0.3, -0.25) is 29.6 Å². The number of nitro groups is 2. The summed E-state index contributed by atoms with van der Waals surface area (Å²) in [5.74, 6) is -0.648. The van der Waals surface area contributed by atoms with Crippen LogP contribution in [0.3, 0.4) is 0 Å². The smallest absolute Gasteiger partial charge is 0.300 e. The highest BCUT2D eigenvalue weighted by Crippen LogP contribution is 2.41. The Hall–Kier alpha value is -4.86.